The van der Waals surface area contributed by atoms with Crippen LogP contribution in [0.1, 0.15) is 50.7 Å². The average molecular weight is 430 g/mol. The van der Waals surface area contributed by atoms with Crippen LogP contribution >= 0.6 is 0 Å². The smallest absolute Gasteiger partial charge is 0.262 e. The van der Waals surface area contributed by atoms with Crippen molar-refractivity contribution in [3.8, 4) is 0 Å². The lowest BCUT2D eigenvalue weighted by Gasteiger charge is -2.50. The molecule has 0 radical (unpaired) electrons. The molecule has 2 fully saturated rings. The molecule has 2 N–H and O–H groups in total. The van der Waals surface area contributed by atoms with Gasteiger partial charge in [-0.2, -0.15) is 0 Å². The molecule has 5 rings (SSSR count). The van der Waals surface area contributed by atoms with E-state index in [2.05, 4.69) is 13.8 Å². The summed E-state index contributed by atoms with van der Waals surface area (Å²) < 4.78 is 26.0. The lowest BCUT2D eigenvalue weighted by molar-refractivity contribution is -0.143. The van der Waals surface area contributed by atoms with Gasteiger partial charge in [0.05, 0.1) is 18.8 Å². The number of fused-ring (bicyclic) bond motifs is 3. The Morgan fingerprint density at radius 2 is 2.06 bits per heavy atom. The fourth-order valence-corrected chi connectivity index (χ4v) is 7.10. The van der Waals surface area contributed by atoms with E-state index in [9.17, 15) is 9.18 Å². The van der Waals surface area contributed by atoms with Crippen molar-refractivity contribution >= 4 is 11.9 Å². The minimum atomic E-state index is -1.17. The molecule has 6 nitrogen and oxygen atoms in total. The number of methoxy groups -OCH3 is 1. The van der Waals surface area contributed by atoms with Crippen molar-refractivity contribution in [3.63, 3.8) is 0 Å². The van der Waals surface area contributed by atoms with Gasteiger partial charge in [0.2, 0.25) is 0 Å². The highest BCUT2D eigenvalue weighted by Crippen LogP contribution is 2.63. The van der Waals surface area contributed by atoms with Crippen LogP contribution in [-0.4, -0.2) is 49.2 Å². The molecule has 0 aromatic heterocycles. The lowest BCUT2D eigenvalue weighted by atomic mass is 9.56. The van der Waals surface area contributed by atoms with Gasteiger partial charge >= 0.3 is 0 Å². The van der Waals surface area contributed by atoms with E-state index in [1.807, 2.05) is 6.07 Å². The second-order valence-corrected chi connectivity index (χ2v) is 10.1. The molecule has 0 unspecified atom stereocenters. The van der Waals surface area contributed by atoms with Gasteiger partial charge in [-0.05, 0) is 67.2 Å². The fraction of sp³-hybridized carbons (Fsp3) is 0.667. The average Bonchev–Trinajstić information content (AvgIpc) is 3.37. The molecule has 1 saturated carbocycles. The molecule has 2 heterocycles. The van der Waals surface area contributed by atoms with Gasteiger partial charge in [0.1, 0.15) is 5.82 Å². The first kappa shape index (κ1) is 20.9. The Kier molecular flexibility index (Phi) is 4.90. The van der Waals surface area contributed by atoms with E-state index in [-0.39, 0.29) is 41.7 Å². The van der Waals surface area contributed by atoms with Crippen LogP contribution in [0.25, 0.3) is 0 Å². The second kappa shape index (κ2) is 7.27. The molecular weight excluding hydrogens is 397 g/mol. The molecule has 168 valence electrons. The molecule has 31 heavy (non-hydrogen) atoms. The highest BCUT2D eigenvalue weighted by Gasteiger charge is 2.68. The fourth-order valence-electron chi connectivity index (χ4n) is 7.10. The Balaban J connectivity index is 1.61. The van der Waals surface area contributed by atoms with Crippen LogP contribution in [0.4, 0.5) is 4.39 Å². The Morgan fingerprint density at radius 3 is 2.71 bits per heavy atom. The number of hydrogen-bond acceptors (Lipinski definition) is 5. The van der Waals surface area contributed by atoms with E-state index in [1.165, 1.54) is 12.1 Å². The number of nitrogens with zero attached hydrogens (tertiary/aromatic N) is 2. The monoisotopic (exact) mass is 429 g/mol. The third-order valence-corrected chi connectivity index (χ3v) is 8.10. The van der Waals surface area contributed by atoms with Crippen molar-refractivity contribution in [1.29, 1.82) is 0 Å². The van der Waals surface area contributed by atoms with Crippen molar-refractivity contribution in [2.24, 2.45) is 28.0 Å². The Labute approximate surface area is 183 Å². The number of carbonyl (C=O) groups excluding carboxylic acids is 1. The van der Waals surface area contributed by atoms with Gasteiger partial charge in [0.25, 0.3) is 5.91 Å². The number of aliphatic imine (C=N–C) groups is 1. The summed E-state index contributed by atoms with van der Waals surface area (Å²) in [5.74, 6) is 0.259. The van der Waals surface area contributed by atoms with Crippen molar-refractivity contribution in [2.75, 3.05) is 20.3 Å². The van der Waals surface area contributed by atoms with Crippen molar-refractivity contribution in [1.82, 2.24) is 4.90 Å². The maximum Gasteiger partial charge on any atom is 0.262 e. The van der Waals surface area contributed by atoms with Gasteiger partial charge in [-0.15, -0.1) is 0 Å². The third-order valence-electron chi connectivity index (χ3n) is 8.10. The van der Waals surface area contributed by atoms with Crippen LogP contribution < -0.4 is 5.73 Å². The second-order valence-electron chi connectivity index (χ2n) is 10.1. The number of carbonyl (C=O) groups is 1. The highest BCUT2D eigenvalue weighted by atomic mass is 19.1. The summed E-state index contributed by atoms with van der Waals surface area (Å²) in [4.78, 5) is 20.7. The van der Waals surface area contributed by atoms with Crippen molar-refractivity contribution < 1.29 is 18.7 Å². The molecule has 2 aliphatic carbocycles. The standard InChI is InChI=1S/C24H32FN3O3/c1-14-10-23(11-15(2)20(14)30-3)12-16-6-7-17(25)9-19(16)24(23)21(29)28(22(26)27-24)13-18-5-4-8-31-18/h6-7,9,14-15,18,20H,4-5,8,10-13H2,1-3H3,(H2,26,27)/t14-,15+,18-,20+,23+,24+/m0/s1. The Hall–Kier alpha value is -1.99. The summed E-state index contributed by atoms with van der Waals surface area (Å²) in [7, 11) is 1.75. The molecule has 2 aliphatic heterocycles. The zero-order valence-electron chi connectivity index (χ0n) is 18.6. The third kappa shape index (κ3) is 2.89. The zero-order chi connectivity index (χ0) is 22.0. The van der Waals surface area contributed by atoms with Gasteiger partial charge in [-0.25, -0.2) is 9.38 Å². The number of benzene rings is 1. The van der Waals surface area contributed by atoms with Crippen LogP contribution in [0.3, 0.4) is 0 Å². The maximum atomic E-state index is 14.4. The first-order valence-corrected chi connectivity index (χ1v) is 11.4. The normalized spacial score (nSPS) is 39.5. The van der Waals surface area contributed by atoms with Gasteiger partial charge in [0, 0.05) is 19.1 Å². The maximum absolute atomic E-state index is 14.4. The molecule has 1 saturated heterocycles. The van der Waals surface area contributed by atoms with E-state index < -0.39 is 11.0 Å². The van der Waals surface area contributed by atoms with E-state index >= 15 is 0 Å². The number of hydrogen-bond donors (Lipinski definition) is 1. The summed E-state index contributed by atoms with van der Waals surface area (Å²) in [6.45, 7) is 5.47. The van der Waals surface area contributed by atoms with Crippen molar-refractivity contribution in [3.05, 3.63) is 35.1 Å². The predicted molar refractivity (Wildman–Crippen MR) is 115 cm³/mol. The summed E-state index contributed by atoms with van der Waals surface area (Å²) in [5.41, 5.74) is 6.46. The van der Waals surface area contributed by atoms with Gasteiger partial charge in [-0.1, -0.05) is 19.9 Å². The number of nitrogens with two attached hydrogens (primary N) is 1. The molecule has 1 aromatic carbocycles. The van der Waals surface area contributed by atoms with E-state index in [4.69, 9.17) is 20.2 Å². The summed E-state index contributed by atoms with van der Waals surface area (Å²) in [6, 6.07) is 4.81. The van der Waals surface area contributed by atoms with Gasteiger partial charge in [0.15, 0.2) is 11.5 Å². The largest absolute Gasteiger partial charge is 0.381 e. The highest BCUT2D eigenvalue weighted by molar-refractivity contribution is 6.08. The molecule has 1 aromatic rings. The topological polar surface area (TPSA) is 77.2 Å². The summed E-state index contributed by atoms with van der Waals surface area (Å²) >= 11 is 0. The first-order valence-electron chi connectivity index (χ1n) is 11.4. The minimum absolute atomic E-state index is 0.0285. The zero-order valence-corrected chi connectivity index (χ0v) is 18.6. The molecule has 6 atom stereocenters. The minimum Gasteiger partial charge on any atom is -0.381 e. The van der Waals surface area contributed by atoms with Crippen LogP contribution in [-0.2, 0) is 26.2 Å². The molecular formula is C24H32FN3O3. The molecule has 7 heteroatoms. The summed E-state index contributed by atoms with van der Waals surface area (Å²) in [5, 5.41) is 0. The quantitative estimate of drug-likeness (QED) is 0.801. The lowest BCUT2D eigenvalue weighted by Crippen LogP contribution is -2.56. The number of amides is 1. The van der Waals surface area contributed by atoms with Gasteiger partial charge < -0.3 is 15.2 Å². The number of halogens is 1. The van der Waals surface area contributed by atoms with Gasteiger partial charge in [-0.3, -0.25) is 9.69 Å². The molecule has 1 amide bonds. The van der Waals surface area contributed by atoms with Crippen LogP contribution in [0.15, 0.2) is 23.2 Å². The predicted octanol–water partition coefficient (Wildman–Crippen LogP) is 2.98. The van der Waals surface area contributed by atoms with Crippen LogP contribution in [0, 0.1) is 23.1 Å². The summed E-state index contributed by atoms with van der Waals surface area (Å²) in [6.07, 6.45) is 4.25. The molecule has 0 bridgehead atoms. The van der Waals surface area contributed by atoms with E-state index in [1.54, 1.807) is 12.0 Å². The number of guanidine groups is 1. The first-order chi connectivity index (χ1) is 14.8. The van der Waals surface area contributed by atoms with E-state index in [0.29, 0.717) is 25.1 Å². The Morgan fingerprint density at radius 1 is 1.32 bits per heavy atom. The molecule has 2 spiro atoms. The molecule has 4 aliphatic rings. The SMILES string of the molecule is CO[C@H]1[C@H](C)C[C@@]2(Cc3ccc(F)cc3[C@]23N=C(N)N(C[C@@H]2CCCO2)C3=O)C[C@@H]1C. The Bertz CT molecular complexity index is 917. The van der Waals surface area contributed by atoms with E-state index in [0.717, 1.165) is 31.2 Å². The number of ether oxygens (including phenoxy) is 2. The van der Waals surface area contributed by atoms with Crippen molar-refractivity contribution in [2.45, 2.75) is 63.7 Å². The number of rotatable bonds is 3. The van der Waals surface area contributed by atoms with Crippen LogP contribution in [0.5, 0.6) is 0 Å². The van der Waals surface area contributed by atoms with Crippen LogP contribution in [0.2, 0.25) is 0 Å².